The highest BCUT2D eigenvalue weighted by molar-refractivity contribution is 5.03. The molecule has 1 aromatic heterocycles. The van der Waals surface area contributed by atoms with Gasteiger partial charge in [0.1, 0.15) is 5.76 Å². The van der Waals surface area contributed by atoms with E-state index in [1.54, 1.807) is 6.26 Å². The maximum Gasteiger partial charge on any atom is 0.123 e. The van der Waals surface area contributed by atoms with Crippen LogP contribution in [-0.4, -0.2) is 18.3 Å². The average molecular weight is 155 g/mol. The van der Waals surface area contributed by atoms with Crippen molar-refractivity contribution in [3.8, 4) is 0 Å². The second-order valence-electron chi connectivity index (χ2n) is 2.31. The number of hydrogen-bond acceptors (Lipinski definition) is 3. The minimum atomic E-state index is -0.0602. The molecule has 0 bridgehead atoms. The predicted molar refractivity (Wildman–Crippen MR) is 42.2 cm³/mol. The highest BCUT2D eigenvalue weighted by atomic mass is 16.3. The Morgan fingerprint density at radius 2 is 2.55 bits per heavy atom. The lowest BCUT2D eigenvalue weighted by Crippen LogP contribution is -2.23. The second-order valence-corrected chi connectivity index (χ2v) is 2.31. The summed E-state index contributed by atoms with van der Waals surface area (Å²) >= 11 is 0. The van der Waals surface area contributed by atoms with E-state index in [-0.39, 0.29) is 12.6 Å². The van der Waals surface area contributed by atoms with E-state index in [1.165, 1.54) is 0 Å². The molecule has 0 aromatic carbocycles. The molecule has 0 saturated heterocycles. The molecule has 0 aliphatic carbocycles. The first-order chi connectivity index (χ1) is 5.38. The summed E-state index contributed by atoms with van der Waals surface area (Å²) < 4.78 is 5.12. The molecule has 0 radical (unpaired) electrons. The fourth-order valence-corrected chi connectivity index (χ4v) is 0.991. The molecule has 2 N–H and O–H groups in total. The zero-order valence-corrected chi connectivity index (χ0v) is 6.58. The Hall–Kier alpha value is -0.800. The van der Waals surface area contributed by atoms with E-state index in [1.807, 2.05) is 19.1 Å². The molecule has 3 nitrogen and oxygen atoms in total. The first-order valence-corrected chi connectivity index (χ1v) is 3.76. The molecule has 0 aliphatic heterocycles. The van der Waals surface area contributed by atoms with E-state index in [4.69, 9.17) is 9.52 Å². The Labute approximate surface area is 66.0 Å². The molecule has 3 heteroatoms. The van der Waals surface area contributed by atoms with Crippen molar-refractivity contribution in [1.82, 2.24) is 5.32 Å². The molecular weight excluding hydrogens is 142 g/mol. The normalized spacial score (nSPS) is 13.3. The van der Waals surface area contributed by atoms with Gasteiger partial charge < -0.3 is 14.8 Å². The summed E-state index contributed by atoms with van der Waals surface area (Å²) in [6, 6.07) is 3.61. The number of likely N-dealkylation sites (N-methyl/N-ethyl adjacent to an activating group) is 1. The molecule has 0 saturated carbocycles. The summed E-state index contributed by atoms with van der Waals surface area (Å²) in [4.78, 5) is 0. The number of aliphatic hydroxyl groups is 1. The average Bonchev–Trinajstić information content (AvgIpc) is 2.52. The molecule has 1 unspecified atom stereocenters. The largest absolute Gasteiger partial charge is 0.468 e. The third-order valence-corrected chi connectivity index (χ3v) is 1.52. The van der Waals surface area contributed by atoms with Gasteiger partial charge in [-0.25, -0.2) is 0 Å². The van der Waals surface area contributed by atoms with E-state index in [0.717, 1.165) is 12.3 Å². The van der Waals surface area contributed by atoms with E-state index >= 15 is 0 Å². The Kier molecular flexibility index (Phi) is 3.14. The van der Waals surface area contributed by atoms with Gasteiger partial charge in [-0.05, 0) is 18.7 Å². The molecule has 0 spiro atoms. The number of furan rings is 1. The van der Waals surface area contributed by atoms with Gasteiger partial charge in [-0.1, -0.05) is 6.92 Å². The van der Waals surface area contributed by atoms with Crippen LogP contribution >= 0.6 is 0 Å². The monoisotopic (exact) mass is 155 g/mol. The minimum Gasteiger partial charge on any atom is -0.468 e. The molecule has 0 amide bonds. The Balaban J connectivity index is 2.56. The van der Waals surface area contributed by atoms with E-state index in [9.17, 15) is 0 Å². The summed E-state index contributed by atoms with van der Waals surface area (Å²) in [5.41, 5.74) is 0. The Morgan fingerprint density at radius 1 is 1.73 bits per heavy atom. The summed E-state index contributed by atoms with van der Waals surface area (Å²) in [5.74, 6) is 0.786. The number of nitrogens with one attached hydrogen (secondary N) is 1. The minimum absolute atomic E-state index is 0.0602. The van der Waals surface area contributed by atoms with E-state index in [0.29, 0.717) is 0 Å². The molecule has 1 heterocycles. The maximum absolute atomic E-state index is 8.91. The lowest BCUT2D eigenvalue weighted by Gasteiger charge is -2.10. The van der Waals surface area contributed by atoms with Gasteiger partial charge in [0.15, 0.2) is 0 Å². The summed E-state index contributed by atoms with van der Waals surface area (Å²) in [6.07, 6.45) is 1.61. The number of hydrogen-bond donors (Lipinski definition) is 2. The van der Waals surface area contributed by atoms with Crippen LogP contribution in [0.1, 0.15) is 18.7 Å². The van der Waals surface area contributed by atoms with Crippen LogP contribution in [0.2, 0.25) is 0 Å². The van der Waals surface area contributed by atoms with Crippen molar-refractivity contribution in [2.45, 2.75) is 13.0 Å². The fraction of sp³-hybridized carbons (Fsp3) is 0.500. The van der Waals surface area contributed by atoms with Crippen LogP contribution in [0.3, 0.4) is 0 Å². The van der Waals surface area contributed by atoms with Crippen LogP contribution in [0.5, 0.6) is 0 Å². The molecule has 0 aliphatic rings. The molecule has 1 atom stereocenters. The summed E-state index contributed by atoms with van der Waals surface area (Å²) in [5, 5.41) is 12.0. The van der Waals surface area contributed by atoms with Gasteiger partial charge in [-0.15, -0.1) is 0 Å². The second kappa shape index (κ2) is 4.16. The number of rotatable bonds is 4. The summed E-state index contributed by atoms with van der Waals surface area (Å²) in [7, 11) is 0. The topological polar surface area (TPSA) is 45.4 Å². The standard InChI is InChI=1S/C8H13NO2/c1-2-9-7(6-10)8-4-3-5-11-8/h3-5,7,9-10H,2,6H2,1H3. The lowest BCUT2D eigenvalue weighted by atomic mass is 10.2. The van der Waals surface area contributed by atoms with Gasteiger partial charge in [0.25, 0.3) is 0 Å². The van der Waals surface area contributed by atoms with Crippen molar-refractivity contribution in [3.05, 3.63) is 24.2 Å². The smallest absolute Gasteiger partial charge is 0.123 e. The summed E-state index contributed by atoms with van der Waals surface area (Å²) in [6.45, 7) is 2.89. The van der Waals surface area contributed by atoms with Gasteiger partial charge in [0, 0.05) is 0 Å². The van der Waals surface area contributed by atoms with Gasteiger partial charge in [0.05, 0.1) is 18.9 Å². The van der Waals surface area contributed by atoms with Gasteiger partial charge in [0.2, 0.25) is 0 Å². The van der Waals surface area contributed by atoms with Crippen LogP contribution in [0.15, 0.2) is 22.8 Å². The SMILES string of the molecule is CCNC(CO)c1ccco1. The van der Waals surface area contributed by atoms with Crippen molar-refractivity contribution in [1.29, 1.82) is 0 Å². The van der Waals surface area contributed by atoms with Crippen molar-refractivity contribution in [2.24, 2.45) is 0 Å². The quantitative estimate of drug-likeness (QED) is 0.679. The first-order valence-electron chi connectivity index (χ1n) is 3.76. The van der Waals surface area contributed by atoms with Crippen molar-refractivity contribution < 1.29 is 9.52 Å². The molecule has 0 fully saturated rings. The fourth-order valence-electron chi connectivity index (χ4n) is 0.991. The lowest BCUT2D eigenvalue weighted by molar-refractivity contribution is 0.228. The highest BCUT2D eigenvalue weighted by Gasteiger charge is 2.09. The van der Waals surface area contributed by atoms with Crippen LogP contribution in [-0.2, 0) is 0 Å². The molecule has 1 rings (SSSR count). The molecule has 62 valence electrons. The van der Waals surface area contributed by atoms with Crippen LogP contribution in [0.4, 0.5) is 0 Å². The molecule has 1 aromatic rings. The third kappa shape index (κ3) is 2.06. The highest BCUT2D eigenvalue weighted by Crippen LogP contribution is 2.11. The van der Waals surface area contributed by atoms with Gasteiger partial charge in [-0.2, -0.15) is 0 Å². The van der Waals surface area contributed by atoms with Crippen LogP contribution in [0.25, 0.3) is 0 Å². The first kappa shape index (κ1) is 8.30. The van der Waals surface area contributed by atoms with Crippen LogP contribution in [0, 0.1) is 0 Å². The zero-order valence-electron chi connectivity index (χ0n) is 6.58. The van der Waals surface area contributed by atoms with Crippen LogP contribution < -0.4 is 5.32 Å². The Morgan fingerprint density at radius 3 is 3.00 bits per heavy atom. The van der Waals surface area contributed by atoms with Crippen molar-refractivity contribution in [2.75, 3.05) is 13.2 Å². The Bertz CT molecular complexity index is 184. The number of aliphatic hydroxyl groups excluding tert-OH is 1. The van der Waals surface area contributed by atoms with E-state index < -0.39 is 0 Å². The van der Waals surface area contributed by atoms with Crippen molar-refractivity contribution in [3.63, 3.8) is 0 Å². The molecular formula is C8H13NO2. The van der Waals surface area contributed by atoms with Gasteiger partial charge >= 0.3 is 0 Å². The maximum atomic E-state index is 8.91. The van der Waals surface area contributed by atoms with E-state index in [2.05, 4.69) is 5.32 Å². The zero-order chi connectivity index (χ0) is 8.10. The third-order valence-electron chi connectivity index (χ3n) is 1.52. The predicted octanol–water partition coefficient (Wildman–Crippen LogP) is 0.923. The van der Waals surface area contributed by atoms with Gasteiger partial charge in [-0.3, -0.25) is 0 Å². The van der Waals surface area contributed by atoms with Crippen molar-refractivity contribution >= 4 is 0 Å². The molecule has 11 heavy (non-hydrogen) atoms.